The summed E-state index contributed by atoms with van der Waals surface area (Å²) in [6.07, 6.45) is 0. The van der Waals surface area contributed by atoms with Crippen molar-refractivity contribution in [2.45, 2.75) is 27.7 Å². The molecule has 0 aliphatic heterocycles. The minimum absolute atomic E-state index is 0.101. The van der Waals surface area contributed by atoms with Gasteiger partial charge < -0.3 is 0 Å². The SMILES string of the molecule is CC.CC.Clc1nc(Cl)nc(-c2ccccc2)n1. The fourth-order valence-electron chi connectivity index (χ4n) is 1.04. The Kier molecular flexibility index (Phi) is 9.15. The summed E-state index contributed by atoms with van der Waals surface area (Å²) in [6.45, 7) is 8.00. The summed E-state index contributed by atoms with van der Waals surface area (Å²) in [4.78, 5) is 11.6. The average Bonchev–Trinajstić information content (AvgIpc) is 2.43. The zero-order valence-electron chi connectivity index (χ0n) is 11.0. The highest BCUT2D eigenvalue weighted by Crippen LogP contribution is 2.17. The minimum Gasteiger partial charge on any atom is -0.198 e. The van der Waals surface area contributed by atoms with Gasteiger partial charge in [-0.3, -0.25) is 0 Å². The van der Waals surface area contributed by atoms with Crippen LogP contribution in [0.1, 0.15) is 27.7 Å². The van der Waals surface area contributed by atoms with Gasteiger partial charge in [0.1, 0.15) is 0 Å². The molecule has 0 radical (unpaired) electrons. The van der Waals surface area contributed by atoms with Crippen LogP contribution in [0.25, 0.3) is 11.4 Å². The lowest BCUT2D eigenvalue weighted by molar-refractivity contribution is 1.06. The predicted octanol–water partition coefficient (Wildman–Crippen LogP) is 4.90. The second-order valence-corrected chi connectivity index (χ2v) is 3.24. The molecule has 0 spiro atoms. The molecule has 0 N–H and O–H groups in total. The molecular weight excluding hydrogens is 269 g/mol. The predicted molar refractivity (Wildman–Crippen MR) is 78.0 cm³/mol. The summed E-state index contributed by atoms with van der Waals surface area (Å²) < 4.78 is 0. The number of hydrogen-bond donors (Lipinski definition) is 0. The molecule has 0 bridgehead atoms. The first-order valence-electron chi connectivity index (χ1n) is 5.88. The maximum absolute atomic E-state index is 5.65. The van der Waals surface area contributed by atoms with Crippen LogP contribution in [-0.2, 0) is 0 Å². The van der Waals surface area contributed by atoms with Gasteiger partial charge in [-0.1, -0.05) is 58.0 Å². The van der Waals surface area contributed by atoms with Crippen molar-refractivity contribution in [3.63, 3.8) is 0 Å². The Bertz CT molecular complexity index is 427. The van der Waals surface area contributed by atoms with Gasteiger partial charge >= 0.3 is 0 Å². The van der Waals surface area contributed by atoms with Gasteiger partial charge in [0.2, 0.25) is 10.6 Å². The van der Waals surface area contributed by atoms with E-state index >= 15 is 0 Å². The number of aromatic nitrogens is 3. The topological polar surface area (TPSA) is 38.7 Å². The number of rotatable bonds is 1. The molecule has 3 nitrogen and oxygen atoms in total. The second-order valence-electron chi connectivity index (χ2n) is 2.56. The zero-order chi connectivity index (χ0) is 14.0. The van der Waals surface area contributed by atoms with Gasteiger partial charge in [0.05, 0.1) is 0 Å². The maximum atomic E-state index is 5.65. The van der Waals surface area contributed by atoms with Crippen LogP contribution in [0.2, 0.25) is 10.6 Å². The second kappa shape index (κ2) is 9.80. The average molecular weight is 286 g/mol. The Hall–Kier alpha value is -1.19. The van der Waals surface area contributed by atoms with Crippen LogP contribution in [0.4, 0.5) is 0 Å². The summed E-state index contributed by atoms with van der Waals surface area (Å²) in [7, 11) is 0. The zero-order valence-corrected chi connectivity index (χ0v) is 12.5. The molecule has 0 amide bonds. The van der Waals surface area contributed by atoms with Crippen LogP contribution in [0.15, 0.2) is 30.3 Å². The molecule has 0 saturated heterocycles. The third-order valence-electron chi connectivity index (χ3n) is 1.61. The van der Waals surface area contributed by atoms with Crippen molar-refractivity contribution >= 4 is 23.2 Å². The van der Waals surface area contributed by atoms with Gasteiger partial charge in [-0.05, 0) is 23.2 Å². The van der Waals surface area contributed by atoms with Crippen molar-refractivity contribution in [3.05, 3.63) is 40.9 Å². The summed E-state index contributed by atoms with van der Waals surface area (Å²) >= 11 is 11.3. The van der Waals surface area contributed by atoms with Gasteiger partial charge in [-0.15, -0.1) is 0 Å². The third kappa shape index (κ3) is 5.43. The molecule has 2 aromatic rings. The van der Waals surface area contributed by atoms with Crippen molar-refractivity contribution < 1.29 is 0 Å². The molecule has 1 aromatic heterocycles. The van der Waals surface area contributed by atoms with E-state index in [0.717, 1.165) is 5.56 Å². The first kappa shape index (κ1) is 16.8. The summed E-state index contributed by atoms with van der Waals surface area (Å²) in [5.74, 6) is 0.482. The van der Waals surface area contributed by atoms with Crippen molar-refractivity contribution in [3.8, 4) is 11.4 Å². The highest BCUT2D eigenvalue weighted by atomic mass is 35.5. The van der Waals surface area contributed by atoms with Crippen molar-refractivity contribution in [1.82, 2.24) is 15.0 Å². The van der Waals surface area contributed by atoms with E-state index in [4.69, 9.17) is 23.2 Å². The third-order valence-corrected chi connectivity index (χ3v) is 1.95. The first-order valence-corrected chi connectivity index (χ1v) is 6.64. The number of benzene rings is 1. The van der Waals surface area contributed by atoms with Crippen LogP contribution >= 0.6 is 23.2 Å². The molecule has 5 heteroatoms. The smallest absolute Gasteiger partial charge is 0.198 e. The van der Waals surface area contributed by atoms with Gasteiger partial charge in [-0.25, -0.2) is 0 Å². The highest BCUT2D eigenvalue weighted by molar-refractivity contribution is 6.31. The quantitative estimate of drug-likeness (QED) is 0.748. The van der Waals surface area contributed by atoms with E-state index in [1.807, 2.05) is 58.0 Å². The number of nitrogens with zero attached hydrogens (tertiary/aromatic N) is 3. The summed E-state index contributed by atoms with van der Waals surface area (Å²) in [6, 6.07) is 9.44. The fourth-order valence-corrected chi connectivity index (χ4v) is 1.41. The van der Waals surface area contributed by atoms with E-state index in [-0.39, 0.29) is 10.6 Å². The first-order chi connectivity index (χ1) is 8.75. The van der Waals surface area contributed by atoms with Crippen LogP contribution in [0.5, 0.6) is 0 Å². The Labute approximate surface area is 118 Å². The van der Waals surface area contributed by atoms with E-state index in [0.29, 0.717) is 5.82 Å². The normalized spacial score (nSPS) is 8.56. The van der Waals surface area contributed by atoms with E-state index in [1.165, 1.54) is 0 Å². The lowest BCUT2D eigenvalue weighted by Crippen LogP contribution is -1.93. The summed E-state index contributed by atoms with van der Waals surface area (Å²) in [5.41, 5.74) is 0.860. The van der Waals surface area contributed by atoms with E-state index in [1.54, 1.807) is 0 Å². The molecule has 2 rings (SSSR count). The molecule has 98 valence electrons. The molecular formula is C13H17Cl2N3. The minimum atomic E-state index is 0.101. The Morgan fingerprint density at radius 2 is 1.17 bits per heavy atom. The van der Waals surface area contributed by atoms with Crippen LogP contribution in [0, 0.1) is 0 Å². The lowest BCUT2D eigenvalue weighted by Gasteiger charge is -1.99. The van der Waals surface area contributed by atoms with Gasteiger partial charge in [0, 0.05) is 5.56 Å². The van der Waals surface area contributed by atoms with Crippen LogP contribution in [0.3, 0.4) is 0 Å². The van der Waals surface area contributed by atoms with Gasteiger partial charge in [-0.2, -0.15) is 15.0 Å². The highest BCUT2D eigenvalue weighted by Gasteiger charge is 2.04. The van der Waals surface area contributed by atoms with E-state index < -0.39 is 0 Å². The molecule has 0 aliphatic rings. The molecule has 0 fully saturated rings. The van der Waals surface area contributed by atoms with Crippen LogP contribution in [-0.4, -0.2) is 15.0 Å². The van der Waals surface area contributed by atoms with Gasteiger partial charge in [0.15, 0.2) is 5.82 Å². The Morgan fingerprint density at radius 3 is 1.61 bits per heavy atom. The van der Waals surface area contributed by atoms with E-state index in [9.17, 15) is 0 Å². The molecule has 0 unspecified atom stereocenters. The van der Waals surface area contributed by atoms with Crippen molar-refractivity contribution in [1.29, 1.82) is 0 Å². The standard InChI is InChI=1S/C9H5Cl2N3.2C2H6/c10-8-12-7(13-9(11)14-8)6-4-2-1-3-5-6;2*1-2/h1-5H;2*1-2H3. The van der Waals surface area contributed by atoms with E-state index in [2.05, 4.69) is 15.0 Å². The molecule has 1 heterocycles. The Morgan fingerprint density at radius 1 is 0.722 bits per heavy atom. The molecule has 0 saturated carbocycles. The fraction of sp³-hybridized carbons (Fsp3) is 0.308. The maximum Gasteiger partial charge on any atom is 0.227 e. The molecule has 0 aliphatic carbocycles. The van der Waals surface area contributed by atoms with Gasteiger partial charge in [0.25, 0.3) is 0 Å². The molecule has 0 atom stereocenters. The monoisotopic (exact) mass is 285 g/mol. The summed E-state index contributed by atoms with van der Waals surface area (Å²) in [5, 5.41) is 0.202. The van der Waals surface area contributed by atoms with Crippen molar-refractivity contribution in [2.24, 2.45) is 0 Å². The lowest BCUT2D eigenvalue weighted by atomic mass is 10.2. The largest absolute Gasteiger partial charge is 0.227 e. The molecule has 18 heavy (non-hydrogen) atoms. The van der Waals surface area contributed by atoms with Crippen LogP contribution < -0.4 is 0 Å². The number of hydrogen-bond acceptors (Lipinski definition) is 3. The molecule has 1 aromatic carbocycles. The Balaban J connectivity index is 0.000000659. The number of halogens is 2. The van der Waals surface area contributed by atoms with Crippen molar-refractivity contribution in [2.75, 3.05) is 0 Å².